The van der Waals surface area contributed by atoms with E-state index < -0.39 is 0 Å². The highest BCUT2D eigenvalue weighted by molar-refractivity contribution is 5.61. The first-order chi connectivity index (χ1) is 5.97. The van der Waals surface area contributed by atoms with Crippen molar-refractivity contribution in [3.8, 4) is 11.1 Å². The highest BCUT2D eigenvalue weighted by Crippen LogP contribution is 2.17. The van der Waals surface area contributed by atoms with Gasteiger partial charge < -0.3 is 0 Å². The fourth-order valence-electron chi connectivity index (χ4n) is 1.15. The topological polar surface area (TPSA) is 11.3 Å². The SMILES string of the molecule is c1ccc(-c2cc[o+]cc2)cc1. The van der Waals surface area contributed by atoms with Crippen LogP contribution in [0.25, 0.3) is 11.1 Å². The van der Waals surface area contributed by atoms with Crippen molar-refractivity contribution in [3.05, 3.63) is 55.0 Å². The summed E-state index contributed by atoms with van der Waals surface area (Å²) in [7, 11) is 0. The van der Waals surface area contributed by atoms with E-state index >= 15 is 0 Å². The van der Waals surface area contributed by atoms with Crippen LogP contribution in [0, 0.1) is 0 Å². The Balaban J connectivity index is 2.46. The molecule has 0 saturated heterocycles. The monoisotopic (exact) mass is 157 g/mol. The van der Waals surface area contributed by atoms with Crippen molar-refractivity contribution in [2.24, 2.45) is 0 Å². The van der Waals surface area contributed by atoms with Crippen LogP contribution in [0.4, 0.5) is 0 Å². The van der Waals surface area contributed by atoms with Crippen molar-refractivity contribution < 1.29 is 4.42 Å². The highest BCUT2D eigenvalue weighted by Gasteiger charge is 1.97. The molecule has 12 heavy (non-hydrogen) atoms. The molecule has 0 bridgehead atoms. The molecule has 0 saturated carbocycles. The Kier molecular flexibility index (Phi) is 1.87. The van der Waals surface area contributed by atoms with Crippen molar-refractivity contribution in [2.75, 3.05) is 0 Å². The van der Waals surface area contributed by atoms with Gasteiger partial charge >= 0.3 is 12.5 Å². The molecule has 0 atom stereocenters. The van der Waals surface area contributed by atoms with Gasteiger partial charge in [0.2, 0.25) is 0 Å². The van der Waals surface area contributed by atoms with Crippen molar-refractivity contribution in [1.29, 1.82) is 0 Å². The van der Waals surface area contributed by atoms with Gasteiger partial charge in [-0.1, -0.05) is 30.3 Å². The van der Waals surface area contributed by atoms with E-state index in [4.69, 9.17) is 4.42 Å². The van der Waals surface area contributed by atoms with Crippen molar-refractivity contribution >= 4 is 0 Å². The van der Waals surface area contributed by atoms with Crippen LogP contribution in [0.5, 0.6) is 0 Å². The maximum absolute atomic E-state index is 4.94. The molecule has 1 nitrogen and oxygen atoms in total. The normalized spacial score (nSPS) is 9.67. The second-order valence-electron chi connectivity index (χ2n) is 2.56. The van der Waals surface area contributed by atoms with Gasteiger partial charge in [0.15, 0.2) is 0 Å². The maximum Gasteiger partial charge on any atom is 0.318 e. The first-order valence-electron chi connectivity index (χ1n) is 3.88. The number of hydrogen-bond acceptors (Lipinski definition) is 0. The van der Waals surface area contributed by atoms with Crippen LogP contribution in [0.3, 0.4) is 0 Å². The van der Waals surface area contributed by atoms with Crippen LogP contribution in [0.1, 0.15) is 0 Å². The molecule has 0 fully saturated rings. The lowest BCUT2D eigenvalue weighted by atomic mass is 10.1. The standard InChI is InChI=1S/C11H9O/c1-2-4-10(5-3-1)11-6-8-12-9-7-11/h1-9H/q+1. The third-order valence-corrected chi connectivity index (χ3v) is 1.76. The van der Waals surface area contributed by atoms with E-state index in [1.54, 1.807) is 12.5 Å². The Morgan fingerprint density at radius 3 is 1.92 bits per heavy atom. The first-order valence-corrected chi connectivity index (χ1v) is 3.88. The lowest BCUT2D eigenvalue weighted by Crippen LogP contribution is -1.73. The molecule has 0 amide bonds. The number of benzene rings is 1. The third-order valence-electron chi connectivity index (χ3n) is 1.76. The Morgan fingerprint density at radius 1 is 0.667 bits per heavy atom. The Morgan fingerprint density at radius 2 is 1.25 bits per heavy atom. The summed E-state index contributed by atoms with van der Waals surface area (Å²) in [4.78, 5) is 0. The smallest absolute Gasteiger partial charge is 0.224 e. The molecular formula is C11H9O+. The number of rotatable bonds is 1. The van der Waals surface area contributed by atoms with Crippen LogP contribution >= 0.6 is 0 Å². The molecule has 0 N–H and O–H groups in total. The Bertz CT molecular complexity index is 302. The van der Waals surface area contributed by atoms with E-state index in [1.165, 1.54) is 11.1 Å². The summed E-state index contributed by atoms with van der Waals surface area (Å²) in [5.41, 5.74) is 2.40. The average Bonchev–Trinajstić information content (AvgIpc) is 2.21. The maximum atomic E-state index is 4.94. The molecule has 2 rings (SSSR count). The molecule has 0 unspecified atom stereocenters. The van der Waals surface area contributed by atoms with Gasteiger partial charge in [0, 0.05) is 12.1 Å². The largest absolute Gasteiger partial charge is 0.318 e. The van der Waals surface area contributed by atoms with E-state index in [9.17, 15) is 0 Å². The molecule has 1 aromatic heterocycles. The predicted octanol–water partition coefficient (Wildman–Crippen LogP) is 3.23. The van der Waals surface area contributed by atoms with Gasteiger partial charge in [0.25, 0.3) is 0 Å². The predicted molar refractivity (Wildman–Crippen MR) is 48.6 cm³/mol. The Labute approximate surface area is 71.3 Å². The molecule has 1 heterocycles. The molecular weight excluding hydrogens is 148 g/mol. The Hall–Kier alpha value is -1.63. The zero-order valence-electron chi connectivity index (χ0n) is 6.60. The van der Waals surface area contributed by atoms with E-state index in [1.807, 2.05) is 30.3 Å². The van der Waals surface area contributed by atoms with E-state index in [0.717, 1.165) is 0 Å². The minimum Gasteiger partial charge on any atom is -0.224 e. The average molecular weight is 157 g/mol. The van der Waals surface area contributed by atoms with Gasteiger partial charge in [-0.2, -0.15) is 0 Å². The summed E-state index contributed by atoms with van der Waals surface area (Å²) in [6.45, 7) is 0. The molecule has 0 aliphatic heterocycles. The molecule has 0 aliphatic rings. The molecule has 1 aromatic carbocycles. The van der Waals surface area contributed by atoms with Gasteiger partial charge in [0.05, 0.1) is 0 Å². The van der Waals surface area contributed by atoms with E-state index in [0.29, 0.717) is 0 Å². The second kappa shape index (κ2) is 3.18. The first kappa shape index (κ1) is 7.04. The molecule has 2 aromatic rings. The van der Waals surface area contributed by atoms with Gasteiger partial charge in [-0.05, 0) is 11.1 Å². The lowest BCUT2D eigenvalue weighted by molar-refractivity contribution is 0.551. The quantitative estimate of drug-likeness (QED) is 0.578. The summed E-state index contributed by atoms with van der Waals surface area (Å²) in [5.74, 6) is 0. The zero-order chi connectivity index (χ0) is 8.23. The van der Waals surface area contributed by atoms with Gasteiger partial charge in [-0.3, -0.25) is 0 Å². The van der Waals surface area contributed by atoms with Crippen LogP contribution < -0.4 is 0 Å². The summed E-state index contributed by atoms with van der Waals surface area (Å²) in [6.07, 6.45) is 3.37. The molecule has 1 heteroatoms. The van der Waals surface area contributed by atoms with Gasteiger partial charge in [-0.15, -0.1) is 0 Å². The third kappa shape index (κ3) is 1.35. The zero-order valence-corrected chi connectivity index (χ0v) is 6.60. The van der Waals surface area contributed by atoms with Crippen LogP contribution in [0.2, 0.25) is 0 Å². The summed E-state index contributed by atoms with van der Waals surface area (Å²) >= 11 is 0. The molecule has 58 valence electrons. The van der Waals surface area contributed by atoms with Gasteiger partial charge in [0.1, 0.15) is 0 Å². The van der Waals surface area contributed by atoms with Crippen molar-refractivity contribution in [2.45, 2.75) is 0 Å². The van der Waals surface area contributed by atoms with Gasteiger partial charge in [-0.25, -0.2) is 4.42 Å². The van der Waals surface area contributed by atoms with Crippen LogP contribution in [-0.4, -0.2) is 0 Å². The molecule has 0 spiro atoms. The number of hydrogen-bond donors (Lipinski definition) is 0. The van der Waals surface area contributed by atoms with Crippen molar-refractivity contribution in [3.63, 3.8) is 0 Å². The lowest BCUT2D eigenvalue weighted by Gasteiger charge is -1.95. The molecule has 0 aliphatic carbocycles. The minimum atomic E-state index is 1.18. The van der Waals surface area contributed by atoms with Crippen LogP contribution in [-0.2, 0) is 0 Å². The summed E-state index contributed by atoms with van der Waals surface area (Å²) < 4.78 is 4.94. The second-order valence-corrected chi connectivity index (χ2v) is 2.56. The van der Waals surface area contributed by atoms with Crippen molar-refractivity contribution in [1.82, 2.24) is 0 Å². The summed E-state index contributed by atoms with van der Waals surface area (Å²) in [5, 5.41) is 0. The highest BCUT2D eigenvalue weighted by atomic mass is 16.3. The van der Waals surface area contributed by atoms with E-state index in [2.05, 4.69) is 12.1 Å². The fraction of sp³-hybridized carbons (Fsp3) is 0. The van der Waals surface area contributed by atoms with Crippen LogP contribution in [0.15, 0.2) is 59.4 Å². The minimum absolute atomic E-state index is 1.18. The molecule has 0 radical (unpaired) electrons. The van der Waals surface area contributed by atoms with E-state index in [-0.39, 0.29) is 0 Å². The summed E-state index contributed by atoms with van der Waals surface area (Å²) in [6, 6.07) is 14.1. The fourth-order valence-corrected chi connectivity index (χ4v) is 1.15.